The number of carbonyl (C=O) groups excluding carboxylic acids is 1. The maximum atomic E-state index is 12.3. The molecule has 1 aromatic rings. The van der Waals surface area contributed by atoms with Crippen LogP contribution in [-0.4, -0.2) is 17.0 Å². The number of Topliss-reactive ketones (excluding diaryl/α,β-unsaturated/α-hetero) is 1. The third kappa shape index (κ3) is 1.63. The molecule has 0 amide bonds. The molecule has 0 saturated heterocycles. The highest BCUT2D eigenvalue weighted by Gasteiger charge is 2.60. The average Bonchev–Trinajstić information content (AvgIpc) is 2.94. The van der Waals surface area contributed by atoms with Gasteiger partial charge < -0.3 is 9.52 Å². The number of furan rings is 1. The number of carbonyl (C=O) groups is 1. The van der Waals surface area contributed by atoms with Gasteiger partial charge in [-0.25, -0.2) is 0 Å². The highest BCUT2D eigenvalue weighted by atomic mass is 16.3. The average molecular weight is 302 g/mol. The summed E-state index contributed by atoms with van der Waals surface area (Å²) in [6, 6.07) is 0. The highest BCUT2D eigenvalue weighted by Crippen LogP contribution is 2.63. The van der Waals surface area contributed by atoms with Gasteiger partial charge in [0, 0.05) is 5.92 Å². The van der Waals surface area contributed by atoms with Crippen LogP contribution < -0.4 is 0 Å². The molecule has 1 aromatic heterocycles. The minimum absolute atomic E-state index is 0.0101. The maximum absolute atomic E-state index is 12.3. The van der Waals surface area contributed by atoms with Crippen LogP contribution in [0.3, 0.4) is 0 Å². The lowest BCUT2D eigenvalue weighted by Crippen LogP contribution is -2.59. The van der Waals surface area contributed by atoms with E-state index >= 15 is 0 Å². The summed E-state index contributed by atoms with van der Waals surface area (Å²) >= 11 is 0. The molecule has 2 saturated carbocycles. The van der Waals surface area contributed by atoms with Gasteiger partial charge in [-0.3, -0.25) is 4.79 Å². The number of aryl methyl sites for hydroxylation is 1. The Bertz CT molecular complexity index is 618. The van der Waals surface area contributed by atoms with E-state index in [9.17, 15) is 9.90 Å². The molecule has 22 heavy (non-hydrogen) atoms. The van der Waals surface area contributed by atoms with Crippen molar-refractivity contribution in [2.75, 3.05) is 0 Å². The van der Waals surface area contributed by atoms with E-state index in [0.29, 0.717) is 18.3 Å². The second-order valence-electron chi connectivity index (χ2n) is 8.38. The number of aliphatic hydroxyl groups is 1. The van der Waals surface area contributed by atoms with Crippen molar-refractivity contribution in [2.45, 2.75) is 64.4 Å². The Morgan fingerprint density at radius 3 is 2.82 bits per heavy atom. The van der Waals surface area contributed by atoms with Crippen molar-refractivity contribution in [3.8, 4) is 0 Å². The van der Waals surface area contributed by atoms with Crippen molar-refractivity contribution in [3.63, 3.8) is 0 Å². The van der Waals surface area contributed by atoms with Gasteiger partial charge in [0.1, 0.15) is 6.10 Å². The van der Waals surface area contributed by atoms with Crippen LogP contribution in [0.25, 0.3) is 0 Å². The predicted octanol–water partition coefficient (Wildman–Crippen LogP) is 3.49. The Morgan fingerprint density at radius 1 is 1.27 bits per heavy atom. The fourth-order valence-electron chi connectivity index (χ4n) is 6.37. The number of hydrogen-bond acceptors (Lipinski definition) is 3. The third-order valence-electron chi connectivity index (χ3n) is 7.46. The van der Waals surface area contributed by atoms with E-state index in [4.69, 9.17) is 4.42 Å². The van der Waals surface area contributed by atoms with Crippen molar-refractivity contribution in [1.82, 2.24) is 0 Å². The van der Waals surface area contributed by atoms with Gasteiger partial charge in [-0.2, -0.15) is 0 Å². The largest absolute Gasteiger partial charge is 0.472 e. The van der Waals surface area contributed by atoms with Gasteiger partial charge in [-0.05, 0) is 65.9 Å². The van der Waals surface area contributed by atoms with Gasteiger partial charge >= 0.3 is 0 Å². The first-order chi connectivity index (χ1) is 10.4. The SMILES string of the molecule is C[C@@H]1C(=O)C(O)C[C@]2(C)[C@H]3CCc4cocc4[C@]3(C)CC[C@@H]12. The molecule has 0 spiro atoms. The number of ketones is 1. The van der Waals surface area contributed by atoms with Crippen LogP contribution in [0.1, 0.15) is 57.6 Å². The molecule has 3 aliphatic carbocycles. The van der Waals surface area contributed by atoms with E-state index in [1.807, 2.05) is 19.5 Å². The number of rotatable bonds is 0. The minimum Gasteiger partial charge on any atom is -0.472 e. The quantitative estimate of drug-likeness (QED) is 0.798. The number of fused-ring (bicyclic) bond motifs is 5. The normalized spacial score (nSPS) is 47.5. The monoisotopic (exact) mass is 302 g/mol. The third-order valence-corrected chi connectivity index (χ3v) is 7.46. The zero-order valence-corrected chi connectivity index (χ0v) is 13.8. The molecule has 1 unspecified atom stereocenters. The fourth-order valence-corrected chi connectivity index (χ4v) is 6.37. The van der Waals surface area contributed by atoms with Gasteiger partial charge in [0.2, 0.25) is 0 Å². The van der Waals surface area contributed by atoms with Crippen LogP contribution in [0, 0.1) is 23.2 Å². The molecule has 3 heteroatoms. The molecular formula is C19H26O3. The summed E-state index contributed by atoms with van der Waals surface area (Å²) in [4.78, 5) is 12.3. The van der Waals surface area contributed by atoms with E-state index in [2.05, 4.69) is 13.8 Å². The van der Waals surface area contributed by atoms with Crippen molar-refractivity contribution >= 4 is 5.78 Å². The van der Waals surface area contributed by atoms with Gasteiger partial charge in [0.25, 0.3) is 0 Å². The summed E-state index contributed by atoms with van der Waals surface area (Å²) in [7, 11) is 0. The van der Waals surface area contributed by atoms with E-state index in [0.717, 1.165) is 25.7 Å². The Balaban J connectivity index is 1.79. The Kier molecular flexibility index (Phi) is 2.95. The molecular weight excluding hydrogens is 276 g/mol. The lowest BCUT2D eigenvalue weighted by molar-refractivity contribution is -0.157. The fraction of sp³-hybridized carbons (Fsp3) is 0.737. The van der Waals surface area contributed by atoms with Gasteiger partial charge in [0.15, 0.2) is 5.78 Å². The van der Waals surface area contributed by atoms with Crippen LogP contribution in [0.4, 0.5) is 0 Å². The molecule has 6 atom stereocenters. The second-order valence-corrected chi connectivity index (χ2v) is 8.38. The van der Waals surface area contributed by atoms with Crippen molar-refractivity contribution < 1.29 is 14.3 Å². The number of aliphatic hydroxyl groups excluding tert-OH is 1. The Morgan fingerprint density at radius 2 is 2.05 bits per heavy atom. The number of hydrogen-bond donors (Lipinski definition) is 1. The molecule has 1 N–H and O–H groups in total. The molecule has 0 aromatic carbocycles. The van der Waals surface area contributed by atoms with Crippen LogP contribution in [-0.2, 0) is 16.6 Å². The van der Waals surface area contributed by atoms with E-state index in [1.54, 1.807) is 0 Å². The molecule has 2 fully saturated rings. The molecule has 120 valence electrons. The van der Waals surface area contributed by atoms with E-state index in [-0.39, 0.29) is 22.5 Å². The molecule has 3 aliphatic rings. The van der Waals surface area contributed by atoms with Gasteiger partial charge in [0.05, 0.1) is 12.5 Å². The lowest BCUT2D eigenvalue weighted by atomic mass is 9.43. The molecule has 0 radical (unpaired) electrons. The van der Waals surface area contributed by atoms with Gasteiger partial charge in [-0.15, -0.1) is 0 Å². The zero-order chi connectivity index (χ0) is 15.7. The minimum atomic E-state index is -0.774. The van der Waals surface area contributed by atoms with E-state index < -0.39 is 6.10 Å². The topological polar surface area (TPSA) is 50.4 Å². The van der Waals surface area contributed by atoms with Crippen LogP contribution in [0.5, 0.6) is 0 Å². The van der Waals surface area contributed by atoms with Crippen LogP contribution in [0.2, 0.25) is 0 Å². The molecule has 0 aliphatic heterocycles. The summed E-state index contributed by atoms with van der Waals surface area (Å²) in [5, 5.41) is 10.3. The molecule has 3 nitrogen and oxygen atoms in total. The first-order valence-electron chi connectivity index (χ1n) is 8.65. The molecule has 1 heterocycles. The predicted molar refractivity (Wildman–Crippen MR) is 83.5 cm³/mol. The van der Waals surface area contributed by atoms with Crippen molar-refractivity contribution in [2.24, 2.45) is 23.2 Å². The Labute approximate surface area is 132 Å². The summed E-state index contributed by atoms with van der Waals surface area (Å²) in [5.74, 6) is 0.985. The Hall–Kier alpha value is -1.09. The molecule has 0 bridgehead atoms. The first-order valence-corrected chi connectivity index (χ1v) is 8.65. The standard InChI is InChI=1S/C19H26O3/c1-11-13-6-7-18(2)14-10-22-9-12(14)4-5-16(18)19(13,3)8-15(20)17(11)21/h9-11,13,15-16,20H,4-8H2,1-3H3/t11-,13-,15?,16-,18-,19-/m0/s1. The zero-order valence-electron chi connectivity index (χ0n) is 13.8. The maximum Gasteiger partial charge on any atom is 0.164 e. The summed E-state index contributed by atoms with van der Waals surface area (Å²) < 4.78 is 5.51. The second kappa shape index (κ2) is 4.47. The summed E-state index contributed by atoms with van der Waals surface area (Å²) in [6.45, 7) is 6.74. The summed E-state index contributed by atoms with van der Waals surface area (Å²) in [5.41, 5.74) is 2.92. The highest BCUT2D eigenvalue weighted by molar-refractivity contribution is 5.86. The van der Waals surface area contributed by atoms with Crippen LogP contribution in [0.15, 0.2) is 16.9 Å². The summed E-state index contributed by atoms with van der Waals surface area (Å²) in [6.07, 6.45) is 8.12. The molecule has 4 rings (SSSR count). The lowest BCUT2D eigenvalue weighted by Gasteiger charge is -2.61. The van der Waals surface area contributed by atoms with Crippen LogP contribution >= 0.6 is 0 Å². The van der Waals surface area contributed by atoms with E-state index in [1.165, 1.54) is 11.1 Å². The first kappa shape index (κ1) is 14.5. The van der Waals surface area contributed by atoms with Crippen molar-refractivity contribution in [3.05, 3.63) is 23.7 Å². The van der Waals surface area contributed by atoms with Crippen molar-refractivity contribution in [1.29, 1.82) is 0 Å². The smallest absolute Gasteiger partial charge is 0.164 e. The van der Waals surface area contributed by atoms with Gasteiger partial charge in [-0.1, -0.05) is 20.8 Å².